The smallest absolute Gasteiger partial charge is 0.0772 e. The van der Waals surface area contributed by atoms with Crippen LogP contribution in [0.4, 0.5) is 0 Å². The van der Waals surface area contributed by atoms with Crippen LogP contribution in [-0.2, 0) is 0 Å². The minimum atomic E-state index is 0. The van der Waals surface area contributed by atoms with Gasteiger partial charge in [-0.15, -0.1) is 0 Å². The van der Waals surface area contributed by atoms with Crippen LogP contribution in [-0.4, -0.2) is 17.6 Å². The zero-order valence-electron chi connectivity index (χ0n) is 1.72. The van der Waals surface area contributed by atoms with Crippen LogP contribution in [0, 0.1) is 9.71 Å². The molecule has 0 aromatic carbocycles. The average Bonchev–Trinajstić information content (AvgIpc) is 0.918. The Hall–Kier alpha value is -0.0571. The molecule has 0 N–H and O–H groups in total. The predicted molar refractivity (Wildman–Crippen MR) is 12.5 cm³/mol. The summed E-state index contributed by atoms with van der Waals surface area (Å²) in [6, 6.07) is 0. The molecule has 0 fully saturated rings. The summed E-state index contributed by atoms with van der Waals surface area (Å²) in [5.74, 6) is 0. The van der Waals surface area contributed by atoms with E-state index in [1.54, 1.807) is 4.75 Å². The summed E-state index contributed by atoms with van der Waals surface area (Å²) in [7, 11) is 0. The molecule has 0 aromatic heterocycles. The summed E-state index contributed by atoms with van der Waals surface area (Å²) in [6.45, 7) is 0. The summed E-state index contributed by atoms with van der Waals surface area (Å²) in [6.07, 6.45) is 0. The number of rotatable bonds is 0. The molecule has 0 saturated carbocycles. The van der Waals surface area contributed by atoms with Gasteiger partial charge >= 0.3 is 0 Å². The normalized spacial score (nSPS) is 3.00. The first-order valence-electron chi connectivity index (χ1n) is 0.333. The minimum Gasteiger partial charge on any atom is -0.0772 e. The van der Waals surface area contributed by atoms with Crippen LogP contribution in [0.1, 0.15) is 0 Å². The van der Waals surface area contributed by atoms with E-state index in [1.165, 1.54) is 0 Å². The summed E-state index contributed by atoms with van der Waals surface area (Å²) < 4.78 is 1.75. The SMILES string of the molecule is O=[O+][O-].[Ge]. The Morgan fingerprint density at radius 3 is 1.75 bits per heavy atom. The maximum Gasteiger partial charge on any atom is 0.154 e. The van der Waals surface area contributed by atoms with Crippen molar-refractivity contribution >= 4 is 17.6 Å². The third-order valence-corrected chi connectivity index (χ3v) is 0. The first-order chi connectivity index (χ1) is 1.41. The molecule has 0 aliphatic carbocycles. The largest absolute Gasteiger partial charge is 0.154 e. The molecule has 0 amide bonds. The van der Waals surface area contributed by atoms with Gasteiger partial charge in [-0.3, -0.25) is 0 Å². The van der Waals surface area contributed by atoms with Gasteiger partial charge in [0.05, 0.1) is 0 Å². The molecule has 0 spiro atoms. The van der Waals surface area contributed by atoms with E-state index in [1.807, 2.05) is 0 Å². The third kappa shape index (κ3) is 529. The molecule has 4 radical (unpaired) electrons. The molecule has 4 heteroatoms. The number of hydrogen-bond acceptors (Lipinski definition) is 2. The Labute approximate surface area is 33.4 Å². The van der Waals surface area contributed by atoms with Crippen molar-refractivity contribution in [2.24, 2.45) is 0 Å². The molecule has 0 aliphatic heterocycles. The minimum absolute atomic E-state index is 0. The summed E-state index contributed by atoms with van der Waals surface area (Å²) >= 11 is 0. The van der Waals surface area contributed by atoms with Crippen molar-refractivity contribution in [3.05, 3.63) is 9.71 Å². The quantitative estimate of drug-likeness (QED) is 0.169. The molecular formula is GeO3. The van der Waals surface area contributed by atoms with Crippen LogP contribution in [0.2, 0.25) is 0 Å². The van der Waals surface area contributed by atoms with Gasteiger partial charge in [0.2, 0.25) is 0 Å². The molecule has 0 unspecified atom stereocenters. The molecule has 0 aliphatic rings. The second-order valence-corrected chi connectivity index (χ2v) is 0.0680. The van der Waals surface area contributed by atoms with Gasteiger partial charge in [-0.25, -0.2) is 0 Å². The van der Waals surface area contributed by atoms with Gasteiger partial charge < -0.3 is 0 Å². The van der Waals surface area contributed by atoms with Crippen molar-refractivity contribution in [1.29, 1.82) is 0 Å². The van der Waals surface area contributed by atoms with Gasteiger partial charge in [-0.1, -0.05) is 10.2 Å². The molecule has 0 heterocycles. The first-order valence-corrected chi connectivity index (χ1v) is 0.333. The van der Waals surface area contributed by atoms with E-state index in [2.05, 4.69) is 0 Å². The van der Waals surface area contributed by atoms with Gasteiger partial charge in [-0.05, 0) is 0 Å². The Bertz CT molecular complexity index is 10.8. The molecule has 0 bridgehead atoms. The van der Waals surface area contributed by atoms with Crippen LogP contribution in [0.25, 0.3) is 0 Å². The maximum atomic E-state index is 7.88. The van der Waals surface area contributed by atoms with E-state index < -0.39 is 0 Å². The molecule has 3 nitrogen and oxygen atoms in total. The molecule has 4 heavy (non-hydrogen) atoms. The van der Waals surface area contributed by atoms with Gasteiger partial charge in [0.1, 0.15) is 0 Å². The third-order valence-electron chi connectivity index (χ3n) is 0. The van der Waals surface area contributed by atoms with Crippen LogP contribution < -0.4 is 5.26 Å². The molecular weight excluding hydrogens is 121 g/mol. The van der Waals surface area contributed by atoms with E-state index in [4.69, 9.17) is 10.2 Å². The van der Waals surface area contributed by atoms with Crippen molar-refractivity contribution in [3.8, 4) is 0 Å². The average molecular weight is 121 g/mol. The fraction of sp³-hybridized carbons (Fsp3) is 0. The van der Waals surface area contributed by atoms with E-state index in [0.29, 0.717) is 0 Å². The zero-order chi connectivity index (χ0) is 2.71. The zero-order valence-corrected chi connectivity index (χ0v) is 3.82. The molecule has 0 aromatic rings. The Morgan fingerprint density at radius 2 is 1.75 bits per heavy atom. The van der Waals surface area contributed by atoms with Crippen molar-refractivity contribution in [2.45, 2.75) is 0 Å². The standard InChI is InChI=1S/Ge.O3/c;1-3-2. The van der Waals surface area contributed by atoms with E-state index >= 15 is 0 Å². The van der Waals surface area contributed by atoms with E-state index in [9.17, 15) is 0 Å². The van der Waals surface area contributed by atoms with Crippen LogP contribution in [0.5, 0.6) is 0 Å². The van der Waals surface area contributed by atoms with Gasteiger partial charge in [0.25, 0.3) is 0 Å². The second-order valence-electron chi connectivity index (χ2n) is 0.0680. The summed E-state index contributed by atoms with van der Waals surface area (Å²) in [5, 5.41) is 7.88. The second kappa shape index (κ2) is 12.5. The fourth-order valence-corrected chi connectivity index (χ4v) is 0. The van der Waals surface area contributed by atoms with Crippen LogP contribution in [0.3, 0.4) is 0 Å². The fourth-order valence-electron chi connectivity index (χ4n) is 0. The van der Waals surface area contributed by atoms with Crippen LogP contribution >= 0.6 is 0 Å². The van der Waals surface area contributed by atoms with Crippen LogP contribution in [0.15, 0.2) is 0 Å². The molecule has 0 saturated heterocycles. The summed E-state index contributed by atoms with van der Waals surface area (Å²) in [4.78, 5) is 7.88. The van der Waals surface area contributed by atoms with Crippen molar-refractivity contribution < 1.29 is 5.26 Å². The monoisotopic (exact) mass is 122 g/mol. The first kappa shape index (κ1) is 9.05. The van der Waals surface area contributed by atoms with E-state index in [0.717, 1.165) is 0 Å². The summed E-state index contributed by atoms with van der Waals surface area (Å²) in [5.41, 5.74) is 0. The van der Waals surface area contributed by atoms with Crippen molar-refractivity contribution in [1.82, 2.24) is 0 Å². The van der Waals surface area contributed by atoms with Crippen molar-refractivity contribution in [2.75, 3.05) is 0 Å². The van der Waals surface area contributed by atoms with Crippen molar-refractivity contribution in [3.63, 3.8) is 0 Å². The topological polar surface area (TPSA) is 51.4 Å². The molecule has 0 rings (SSSR count). The predicted octanol–water partition coefficient (Wildman–Crippen LogP) is -1.50. The Morgan fingerprint density at radius 1 is 1.75 bits per heavy atom. The van der Waals surface area contributed by atoms with Gasteiger partial charge in [0.15, 0.2) is 4.75 Å². The van der Waals surface area contributed by atoms with Gasteiger partial charge in [-0.2, -0.15) is 0 Å². The Kier molecular flexibility index (Phi) is 28.3. The van der Waals surface area contributed by atoms with E-state index in [-0.39, 0.29) is 17.6 Å². The number of hydrogen-bond donors (Lipinski definition) is 0. The molecule has 0 atom stereocenters. The van der Waals surface area contributed by atoms with Gasteiger partial charge in [0, 0.05) is 17.6 Å². The molecule has 22 valence electrons. The Balaban J connectivity index is 0. The maximum absolute atomic E-state index is 7.88.